The van der Waals surface area contributed by atoms with Crippen molar-refractivity contribution in [1.82, 2.24) is 0 Å². The van der Waals surface area contributed by atoms with Gasteiger partial charge < -0.3 is 9.84 Å². The number of aliphatic hydroxyl groups is 1. The largest absolute Gasteiger partial charge is 0.512 e. The van der Waals surface area contributed by atoms with Crippen LogP contribution in [0.5, 0.6) is 0 Å². The molecule has 0 fully saturated rings. The zero-order valence-electron chi connectivity index (χ0n) is 17.7. The number of carbonyl (C=O) groups is 2. The summed E-state index contributed by atoms with van der Waals surface area (Å²) >= 11 is 0. The lowest BCUT2D eigenvalue weighted by atomic mass is 9.66. The van der Waals surface area contributed by atoms with Crippen LogP contribution in [0.2, 0.25) is 0 Å². The topological polar surface area (TPSA) is 63.6 Å². The van der Waals surface area contributed by atoms with Gasteiger partial charge in [-0.25, -0.2) is 0 Å². The summed E-state index contributed by atoms with van der Waals surface area (Å²) < 4.78 is 6.36. The highest BCUT2D eigenvalue weighted by Gasteiger charge is 2.46. The zero-order valence-corrected chi connectivity index (χ0v) is 17.7. The molecule has 1 N–H and O–H groups in total. The van der Waals surface area contributed by atoms with Crippen molar-refractivity contribution in [3.05, 3.63) is 58.6 Å². The summed E-state index contributed by atoms with van der Waals surface area (Å²) in [6.45, 7) is 8.13. The minimum Gasteiger partial charge on any atom is -0.512 e. The van der Waals surface area contributed by atoms with Crippen LogP contribution in [0.1, 0.15) is 71.5 Å². The van der Waals surface area contributed by atoms with Crippen molar-refractivity contribution in [1.29, 1.82) is 0 Å². The summed E-state index contributed by atoms with van der Waals surface area (Å²) in [4.78, 5) is 26.2. The molecular formula is C25H30O4. The number of carbonyl (C=O) groups excluding carboxylic acids is 2. The smallest absolute Gasteiger partial charge is 0.163 e. The van der Waals surface area contributed by atoms with E-state index in [9.17, 15) is 14.7 Å². The first kappa shape index (κ1) is 19.9. The van der Waals surface area contributed by atoms with Crippen LogP contribution in [0.4, 0.5) is 0 Å². The van der Waals surface area contributed by atoms with Gasteiger partial charge >= 0.3 is 0 Å². The fourth-order valence-electron chi connectivity index (χ4n) is 5.15. The highest BCUT2D eigenvalue weighted by atomic mass is 16.5. The maximum absolute atomic E-state index is 13.1. The average molecular weight is 395 g/mol. The second-order valence-corrected chi connectivity index (χ2v) is 10.4. The Morgan fingerprint density at radius 3 is 2.07 bits per heavy atom. The fraction of sp³-hybridized carbons (Fsp3) is 0.520. The molecule has 2 atom stereocenters. The molecule has 4 rings (SSSR count). The molecule has 0 bridgehead atoms. The van der Waals surface area contributed by atoms with E-state index in [0.29, 0.717) is 49.0 Å². The van der Waals surface area contributed by atoms with Gasteiger partial charge in [0.2, 0.25) is 0 Å². The van der Waals surface area contributed by atoms with Gasteiger partial charge in [0.15, 0.2) is 11.6 Å². The van der Waals surface area contributed by atoms with Crippen LogP contribution in [-0.2, 0) is 14.3 Å². The average Bonchev–Trinajstić information content (AvgIpc) is 2.59. The molecule has 4 nitrogen and oxygen atoms in total. The molecule has 1 aliphatic heterocycles. The number of Topliss-reactive ketones (excluding diaryl/α,β-unsaturated/α-hetero) is 2. The fourth-order valence-corrected chi connectivity index (χ4v) is 5.15. The first-order valence-electron chi connectivity index (χ1n) is 10.5. The highest BCUT2D eigenvalue weighted by Crippen LogP contribution is 2.51. The molecule has 0 spiro atoms. The summed E-state index contributed by atoms with van der Waals surface area (Å²) in [5.74, 6) is 0.465. The zero-order chi connectivity index (χ0) is 21.0. The van der Waals surface area contributed by atoms with Crippen molar-refractivity contribution in [2.75, 3.05) is 0 Å². The lowest BCUT2D eigenvalue weighted by Crippen LogP contribution is -2.38. The number of ether oxygens (including phenoxy) is 1. The Kier molecular flexibility index (Phi) is 4.71. The van der Waals surface area contributed by atoms with Crippen LogP contribution in [0.15, 0.2) is 53.0 Å². The predicted octanol–water partition coefficient (Wildman–Crippen LogP) is 5.61. The third-order valence-corrected chi connectivity index (χ3v) is 6.38. The Morgan fingerprint density at radius 1 is 0.862 bits per heavy atom. The Morgan fingerprint density at radius 2 is 1.45 bits per heavy atom. The molecule has 0 amide bonds. The number of ketones is 2. The second-order valence-electron chi connectivity index (χ2n) is 10.4. The second kappa shape index (κ2) is 6.86. The van der Waals surface area contributed by atoms with E-state index in [1.807, 2.05) is 44.2 Å². The number of rotatable bonds is 2. The predicted molar refractivity (Wildman–Crippen MR) is 111 cm³/mol. The lowest BCUT2D eigenvalue weighted by molar-refractivity contribution is -0.121. The quantitative estimate of drug-likeness (QED) is 0.708. The van der Waals surface area contributed by atoms with Crippen LogP contribution in [-0.4, -0.2) is 16.7 Å². The van der Waals surface area contributed by atoms with E-state index in [1.165, 1.54) is 0 Å². The number of aliphatic hydroxyl groups excluding tert-OH is 1. The van der Waals surface area contributed by atoms with E-state index in [0.717, 1.165) is 5.56 Å². The Hall–Kier alpha value is -2.36. The molecule has 2 aliphatic carbocycles. The van der Waals surface area contributed by atoms with Crippen LogP contribution < -0.4 is 0 Å². The molecule has 1 aromatic rings. The molecular weight excluding hydrogens is 364 g/mol. The van der Waals surface area contributed by atoms with Crippen molar-refractivity contribution in [2.45, 2.75) is 65.9 Å². The van der Waals surface area contributed by atoms with Crippen molar-refractivity contribution < 1.29 is 19.4 Å². The minimum atomic E-state index is -0.392. The summed E-state index contributed by atoms with van der Waals surface area (Å²) in [6, 6.07) is 9.94. The van der Waals surface area contributed by atoms with Crippen LogP contribution in [0, 0.1) is 16.7 Å². The lowest BCUT2D eigenvalue weighted by Gasteiger charge is -2.42. The summed E-state index contributed by atoms with van der Waals surface area (Å²) in [5, 5.41) is 10.8. The van der Waals surface area contributed by atoms with E-state index in [-0.39, 0.29) is 34.3 Å². The third kappa shape index (κ3) is 3.77. The molecule has 154 valence electrons. The van der Waals surface area contributed by atoms with Gasteiger partial charge in [-0.1, -0.05) is 58.0 Å². The Labute approximate surface area is 172 Å². The van der Waals surface area contributed by atoms with Crippen molar-refractivity contribution in [2.24, 2.45) is 16.7 Å². The van der Waals surface area contributed by atoms with Crippen molar-refractivity contribution in [3.63, 3.8) is 0 Å². The highest BCUT2D eigenvalue weighted by molar-refractivity contribution is 6.04. The van der Waals surface area contributed by atoms with Crippen LogP contribution in [0.3, 0.4) is 0 Å². The first-order chi connectivity index (χ1) is 13.6. The maximum Gasteiger partial charge on any atom is 0.163 e. The molecule has 29 heavy (non-hydrogen) atoms. The normalized spacial score (nSPS) is 28.8. The molecule has 1 heterocycles. The number of allylic oxidation sites excluding steroid dienone is 4. The van der Waals surface area contributed by atoms with Gasteiger partial charge in [0.05, 0.1) is 0 Å². The molecule has 2 unspecified atom stereocenters. The van der Waals surface area contributed by atoms with Crippen molar-refractivity contribution >= 4 is 11.6 Å². The van der Waals surface area contributed by atoms with Crippen molar-refractivity contribution in [3.8, 4) is 0 Å². The molecule has 4 heteroatoms. The SMILES string of the molecule is CC1(C)CC(=O)C(C2CC(c3ccccc3)OC3=C2C(=O)CC(C)(C)C3)=C(O)C1. The van der Waals surface area contributed by atoms with Gasteiger partial charge in [0, 0.05) is 42.7 Å². The molecule has 0 radical (unpaired) electrons. The molecule has 0 saturated heterocycles. The molecule has 0 saturated carbocycles. The van der Waals surface area contributed by atoms with Gasteiger partial charge in [-0.3, -0.25) is 9.59 Å². The molecule has 3 aliphatic rings. The van der Waals surface area contributed by atoms with Crippen LogP contribution >= 0.6 is 0 Å². The minimum absolute atomic E-state index is 0.0399. The Bertz CT molecular complexity index is 917. The van der Waals surface area contributed by atoms with Gasteiger partial charge in [0.25, 0.3) is 0 Å². The maximum atomic E-state index is 13.1. The van der Waals surface area contributed by atoms with Gasteiger partial charge in [-0.15, -0.1) is 0 Å². The van der Waals surface area contributed by atoms with E-state index in [2.05, 4.69) is 13.8 Å². The van der Waals surface area contributed by atoms with Gasteiger partial charge in [-0.05, 0) is 22.8 Å². The van der Waals surface area contributed by atoms with Crippen LogP contribution in [0.25, 0.3) is 0 Å². The number of benzene rings is 1. The summed E-state index contributed by atoms with van der Waals surface area (Å²) in [5.41, 5.74) is 1.65. The molecule has 1 aromatic carbocycles. The Balaban J connectivity index is 1.82. The van der Waals surface area contributed by atoms with E-state index >= 15 is 0 Å². The molecule has 0 aromatic heterocycles. The van der Waals surface area contributed by atoms with E-state index in [1.54, 1.807) is 0 Å². The summed E-state index contributed by atoms with van der Waals surface area (Å²) in [6.07, 6.45) is 2.23. The van der Waals surface area contributed by atoms with Gasteiger partial charge in [-0.2, -0.15) is 0 Å². The monoisotopic (exact) mass is 394 g/mol. The van der Waals surface area contributed by atoms with Gasteiger partial charge in [0.1, 0.15) is 17.6 Å². The first-order valence-corrected chi connectivity index (χ1v) is 10.5. The van der Waals surface area contributed by atoms with E-state index in [4.69, 9.17) is 4.74 Å². The van der Waals surface area contributed by atoms with E-state index < -0.39 is 5.92 Å². The number of hydrogen-bond donors (Lipinski definition) is 1. The third-order valence-electron chi connectivity index (χ3n) is 6.38. The summed E-state index contributed by atoms with van der Waals surface area (Å²) in [7, 11) is 0. The standard InChI is InChI=1S/C25H30O4/c1-24(2)11-17(26)22(18(27)12-24)16-10-20(15-8-6-5-7-9-15)29-21-14-25(3,4)13-19(28)23(16)21/h5-9,16,20,26H,10-14H2,1-4H3. The number of hydrogen-bond acceptors (Lipinski definition) is 4.